The maximum absolute atomic E-state index is 4.64. The lowest BCUT2D eigenvalue weighted by molar-refractivity contribution is 0.677. The molecule has 0 aliphatic heterocycles. The normalized spacial score (nSPS) is 11.1. The molecule has 0 radical (unpaired) electrons. The molecule has 1 aromatic carbocycles. The van der Waals surface area contributed by atoms with Gasteiger partial charge in [-0.1, -0.05) is 25.1 Å². The van der Waals surface area contributed by atoms with Gasteiger partial charge < -0.3 is 5.32 Å². The fourth-order valence-electron chi connectivity index (χ4n) is 2.22. The highest BCUT2D eigenvalue weighted by molar-refractivity contribution is 5.83. The van der Waals surface area contributed by atoms with Gasteiger partial charge in [-0.25, -0.2) is 14.6 Å². The molecular weight excluding hydrogens is 250 g/mol. The molecule has 0 aliphatic rings. The summed E-state index contributed by atoms with van der Waals surface area (Å²) >= 11 is 0. The van der Waals surface area contributed by atoms with E-state index in [4.69, 9.17) is 0 Å². The monoisotopic (exact) mass is 267 g/mol. The van der Waals surface area contributed by atoms with Crippen LogP contribution in [0.1, 0.15) is 18.9 Å². The first-order chi connectivity index (χ1) is 9.88. The van der Waals surface area contributed by atoms with E-state index in [0.717, 1.165) is 30.8 Å². The van der Waals surface area contributed by atoms with Gasteiger partial charge in [-0.05, 0) is 30.7 Å². The highest BCUT2D eigenvalue weighted by Crippen LogP contribution is 2.19. The van der Waals surface area contributed by atoms with Gasteiger partial charge in [0.25, 0.3) is 0 Å². The van der Waals surface area contributed by atoms with E-state index in [1.807, 2.05) is 18.2 Å². The third-order valence-corrected chi connectivity index (χ3v) is 3.18. The van der Waals surface area contributed by atoms with E-state index in [-0.39, 0.29) is 0 Å². The summed E-state index contributed by atoms with van der Waals surface area (Å²) in [5, 5.41) is 8.78. The molecule has 2 aromatic heterocycles. The molecule has 3 aromatic rings. The van der Waals surface area contributed by atoms with E-state index in [9.17, 15) is 0 Å². The summed E-state index contributed by atoms with van der Waals surface area (Å²) in [4.78, 5) is 8.62. The van der Waals surface area contributed by atoms with Crippen molar-refractivity contribution in [2.75, 3.05) is 6.54 Å². The highest BCUT2D eigenvalue weighted by atomic mass is 15.3. The van der Waals surface area contributed by atoms with Gasteiger partial charge in [0.05, 0.1) is 5.52 Å². The molecule has 0 bridgehead atoms. The number of fused-ring (bicyclic) bond motifs is 1. The standard InChI is InChI=1S/C15H17N5/c1-2-7-16-9-12-8-15(20-11-17-10-18-20)19-14-6-4-3-5-13(12)14/h3-6,8,10-11,16H,2,7,9H2,1H3. The summed E-state index contributed by atoms with van der Waals surface area (Å²) in [5.41, 5.74) is 2.21. The zero-order valence-corrected chi connectivity index (χ0v) is 11.5. The molecule has 0 amide bonds. The van der Waals surface area contributed by atoms with Crippen LogP contribution >= 0.6 is 0 Å². The smallest absolute Gasteiger partial charge is 0.156 e. The average molecular weight is 267 g/mol. The third-order valence-electron chi connectivity index (χ3n) is 3.18. The topological polar surface area (TPSA) is 55.6 Å². The van der Waals surface area contributed by atoms with Gasteiger partial charge in [0.15, 0.2) is 5.82 Å². The van der Waals surface area contributed by atoms with Crippen LogP contribution in [0.5, 0.6) is 0 Å². The first kappa shape index (κ1) is 12.7. The van der Waals surface area contributed by atoms with Crippen LogP contribution in [0.25, 0.3) is 16.7 Å². The van der Waals surface area contributed by atoms with Crippen LogP contribution in [0.15, 0.2) is 43.0 Å². The van der Waals surface area contributed by atoms with Gasteiger partial charge in [0.2, 0.25) is 0 Å². The van der Waals surface area contributed by atoms with Crippen molar-refractivity contribution in [3.8, 4) is 5.82 Å². The second-order valence-electron chi connectivity index (χ2n) is 4.67. The van der Waals surface area contributed by atoms with E-state index in [2.05, 4.69) is 39.4 Å². The van der Waals surface area contributed by atoms with Crippen molar-refractivity contribution in [1.82, 2.24) is 25.1 Å². The number of hydrogen-bond donors (Lipinski definition) is 1. The van der Waals surface area contributed by atoms with Gasteiger partial charge in [0.1, 0.15) is 12.7 Å². The summed E-state index contributed by atoms with van der Waals surface area (Å²) in [6, 6.07) is 10.3. The predicted octanol–water partition coefficient (Wildman–Crippen LogP) is 2.32. The predicted molar refractivity (Wildman–Crippen MR) is 78.7 cm³/mol. The fourth-order valence-corrected chi connectivity index (χ4v) is 2.22. The second kappa shape index (κ2) is 5.79. The van der Waals surface area contributed by atoms with Crippen molar-refractivity contribution in [3.05, 3.63) is 48.5 Å². The molecule has 0 atom stereocenters. The number of aromatic nitrogens is 4. The zero-order valence-electron chi connectivity index (χ0n) is 11.5. The number of hydrogen-bond acceptors (Lipinski definition) is 4. The molecule has 0 spiro atoms. The SMILES string of the molecule is CCCNCc1cc(-n2cncn2)nc2ccccc12. The first-order valence-corrected chi connectivity index (χ1v) is 6.83. The minimum atomic E-state index is 0.800. The molecular formula is C15H17N5. The summed E-state index contributed by atoms with van der Waals surface area (Å²) in [7, 11) is 0. The molecule has 0 saturated carbocycles. The molecule has 0 aliphatic carbocycles. The van der Waals surface area contributed by atoms with Gasteiger partial charge in [-0.2, -0.15) is 5.10 Å². The summed E-state index contributed by atoms with van der Waals surface area (Å²) in [6.45, 7) is 4.01. The molecule has 1 N–H and O–H groups in total. The Kier molecular flexibility index (Phi) is 3.69. The molecule has 5 heteroatoms. The molecule has 0 saturated heterocycles. The van der Waals surface area contributed by atoms with Crippen LogP contribution in [-0.2, 0) is 6.54 Å². The van der Waals surface area contributed by atoms with Gasteiger partial charge in [-0.15, -0.1) is 0 Å². The third kappa shape index (κ3) is 2.53. The lowest BCUT2D eigenvalue weighted by Crippen LogP contribution is -2.14. The second-order valence-corrected chi connectivity index (χ2v) is 4.67. The van der Waals surface area contributed by atoms with Crippen molar-refractivity contribution in [2.45, 2.75) is 19.9 Å². The molecule has 5 nitrogen and oxygen atoms in total. The lowest BCUT2D eigenvalue weighted by atomic mass is 10.1. The summed E-state index contributed by atoms with van der Waals surface area (Å²) in [5.74, 6) is 0.800. The Hall–Kier alpha value is -2.27. The highest BCUT2D eigenvalue weighted by Gasteiger charge is 2.07. The number of benzene rings is 1. The number of nitrogens with one attached hydrogen (secondary N) is 1. The van der Waals surface area contributed by atoms with Crippen LogP contribution in [0.3, 0.4) is 0 Å². The van der Waals surface area contributed by atoms with Crippen molar-refractivity contribution in [3.63, 3.8) is 0 Å². The molecule has 102 valence electrons. The Labute approximate surface area is 117 Å². The first-order valence-electron chi connectivity index (χ1n) is 6.83. The Morgan fingerprint density at radius 2 is 2.15 bits per heavy atom. The van der Waals surface area contributed by atoms with Gasteiger partial charge in [0, 0.05) is 11.9 Å². The van der Waals surface area contributed by atoms with Crippen molar-refractivity contribution < 1.29 is 0 Å². The Bertz CT molecular complexity index is 691. The maximum Gasteiger partial charge on any atom is 0.156 e. The lowest BCUT2D eigenvalue weighted by Gasteiger charge is -2.10. The minimum Gasteiger partial charge on any atom is -0.313 e. The Morgan fingerprint density at radius 3 is 2.95 bits per heavy atom. The van der Waals surface area contributed by atoms with Crippen LogP contribution in [0, 0.1) is 0 Å². The fraction of sp³-hybridized carbons (Fsp3) is 0.267. The van der Waals surface area contributed by atoms with Crippen LogP contribution in [0.2, 0.25) is 0 Å². The van der Waals surface area contributed by atoms with E-state index < -0.39 is 0 Å². The van der Waals surface area contributed by atoms with E-state index in [0.29, 0.717) is 0 Å². The number of pyridine rings is 1. The summed E-state index contributed by atoms with van der Waals surface area (Å²) < 4.78 is 1.69. The Balaban J connectivity index is 2.05. The van der Waals surface area contributed by atoms with Crippen molar-refractivity contribution in [2.24, 2.45) is 0 Å². The Morgan fingerprint density at radius 1 is 1.25 bits per heavy atom. The number of nitrogens with zero attached hydrogens (tertiary/aromatic N) is 4. The van der Waals surface area contributed by atoms with Crippen LogP contribution < -0.4 is 5.32 Å². The largest absolute Gasteiger partial charge is 0.313 e. The van der Waals surface area contributed by atoms with E-state index in [1.54, 1.807) is 11.0 Å². The van der Waals surface area contributed by atoms with Crippen LogP contribution in [0.4, 0.5) is 0 Å². The molecule has 0 unspecified atom stereocenters. The van der Waals surface area contributed by atoms with Crippen LogP contribution in [-0.4, -0.2) is 26.3 Å². The minimum absolute atomic E-state index is 0.800. The van der Waals surface area contributed by atoms with Crippen molar-refractivity contribution >= 4 is 10.9 Å². The zero-order chi connectivity index (χ0) is 13.8. The average Bonchev–Trinajstić information content (AvgIpc) is 3.01. The maximum atomic E-state index is 4.64. The molecule has 0 fully saturated rings. The van der Waals surface area contributed by atoms with Crippen molar-refractivity contribution in [1.29, 1.82) is 0 Å². The quantitative estimate of drug-likeness (QED) is 0.721. The molecule has 2 heterocycles. The number of rotatable bonds is 5. The van der Waals surface area contributed by atoms with E-state index >= 15 is 0 Å². The van der Waals surface area contributed by atoms with Gasteiger partial charge >= 0.3 is 0 Å². The molecule has 3 rings (SSSR count). The summed E-state index contributed by atoms with van der Waals surface area (Å²) in [6.07, 6.45) is 4.31. The van der Waals surface area contributed by atoms with E-state index in [1.165, 1.54) is 17.3 Å². The van der Waals surface area contributed by atoms with Gasteiger partial charge in [-0.3, -0.25) is 0 Å². The molecule has 20 heavy (non-hydrogen) atoms. The number of para-hydroxylation sites is 1.